The van der Waals surface area contributed by atoms with Gasteiger partial charge in [-0.25, -0.2) is 9.66 Å². The number of hydrogen-bond acceptors (Lipinski definition) is 6. The Morgan fingerprint density at radius 1 is 1.38 bits per heavy atom. The van der Waals surface area contributed by atoms with Gasteiger partial charge in [-0.2, -0.15) is 13.2 Å². The summed E-state index contributed by atoms with van der Waals surface area (Å²) in [4.78, 5) is 14.8. The molecule has 0 spiro atoms. The zero-order chi connectivity index (χ0) is 15.8. The third-order valence-electron chi connectivity index (χ3n) is 2.20. The minimum Gasteiger partial charge on any atom is -0.366 e. The van der Waals surface area contributed by atoms with Gasteiger partial charge in [-0.3, -0.25) is 4.79 Å². The third kappa shape index (κ3) is 3.19. The van der Waals surface area contributed by atoms with E-state index in [9.17, 15) is 18.0 Å². The lowest BCUT2D eigenvalue weighted by molar-refractivity contribution is -0.146. The molecule has 0 radical (unpaired) electrons. The summed E-state index contributed by atoms with van der Waals surface area (Å²) in [6.07, 6.45) is -3.59. The maximum Gasteiger partial charge on any atom is 0.453 e. The van der Waals surface area contributed by atoms with Gasteiger partial charge in [-0.15, -0.1) is 10.2 Å². The summed E-state index contributed by atoms with van der Waals surface area (Å²) in [6.45, 7) is 0. The lowest BCUT2D eigenvalue weighted by Gasteiger charge is -2.06. The smallest absolute Gasteiger partial charge is 0.366 e. The first kappa shape index (κ1) is 15.4. The van der Waals surface area contributed by atoms with Crippen LogP contribution in [-0.2, 0) is 6.18 Å². The van der Waals surface area contributed by atoms with Gasteiger partial charge >= 0.3 is 6.18 Å². The van der Waals surface area contributed by atoms with Crippen LogP contribution in [0.4, 0.5) is 13.2 Å². The molecule has 2 aromatic rings. The quantitative estimate of drug-likeness (QED) is 0.816. The van der Waals surface area contributed by atoms with Crippen molar-refractivity contribution < 1.29 is 18.0 Å². The Morgan fingerprint density at radius 3 is 2.52 bits per heavy atom. The number of nitrogens with two attached hydrogens (primary N) is 2. The number of carbonyl (C=O) groups excluding carboxylic acids is 1. The number of amides is 1. The van der Waals surface area contributed by atoms with Gasteiger partial charge in [-0.1, -0.05) is 11.6 Å². The van der Waals surface area contributed by atoms with Gasteiger partial charge in [-0.05, 0) is 17.8 Å². The summed E-state index contributed by atoms with van der Waals surface area (Å²) in [5, 5.41) is 6.14. The highest BCUT2D eigenvalue weighted by molar-refractivity contribution is 7.99. The molecule has 2 heterocycles. The number of hydrogen-bond donors (Lipinski definition) is 2. The van der Waals surface area contributed by atoms with Gasteiger partial charge in [0.15, 0.2) is 0 Å². The molecule has 12 heteroatoms. The zero-order valence-electron chi connectivity index (χ0n) is 9.93. The monoisotopic (exact) mass is 338 g/mol. The summed E-state index contributed by atoms with van der Waals surface area (Å²) < 4.78 is 37.8. The van der Waals surface area contributed by atoms with E-state index in [0.717, 1.165) is 6.20 Å². The Morgan fingerprint density at radius 2 is 2.05 bits per heavy atom. The van der Waals surface area contributed by atoms with Crippen LogP contribution in [0.5, 0.6) is 0 Å². The Kier molecular flexibility index (Phi) is 3.96. The molecule has 21 heavy (non-hydrogen) atoms. The SMILES string of the molecule is NC(=O)c1cnc(Sc2nnc(C(F)(F)F)n2N)c(Cl)c1. The van der Waals surface area contributed by atoms with Crippen LogP contribution in [-0.4, -0.2) is 25.8 Å². The Bertz CT molecular complexity index is 703. The van der Waals surface area contributed by atoms with Crippen molar-refractivity contribution in [1.29, 1.82) is 0 Å². The van der Waals surface area contributed by atoms with E-state index in [1.165, 1.54) is 6.07 Å². The molecular formula is C9H6ClF3N6OS. The van der Waals surface area contributed by atoms with Crippen molar-refractivity contribution in [1.82, 2.24) is 19.9 Å². The van der Waals surface area contributed by atoms with Gasteiger partial charge in [0.05, 0.1) is 10.6 Å². The van der Waals surface area contributed by atoms with Crippen LogP contribution in [0, 0.1) is 0 Å². The molecule has 4 N–H and O–H groups in total. The van der Waals surface area contributed by atoms with Crippen LogP contribution >= 0.6 is 23.4 Å². The fraction of sp³-hybridized carbons (Fsp3) is 0.111. The molecule has 0 aliphatic carbocycles. The molecule has 2 aromatic heterocycles. The molecule has 7 nitrogen and oxygen atoms in total. The van der Waals surface area contributed by atoms with E-state index in [1.54, 1.807) is 0 Å². The van der Waals surface area contributed by atoms with Gasteiger partial charge in [0.1, 0.15) is 5.03 Å². The Balaban J connectivity index is 2.31. The summed E-state index contributed by atoms with van der Waals surface area (Å²) >= 11 is 6.53. The fourth-order valence-corrected chi connectivity index (χ4v) is 2.24. The second-order valence-corrected chi connectivity index (χ2v) is 5.01. The van der Waals surface area contributed by atoms with E-state index in [1.807, 2.05) is 0 Å². The largest absolute Gasteiger partial charge is 0.453 e. The average molecular weight is 339 g/mol. The maximum atomic E-state index is 12.5. The first-order chi connectivity index (χ1) is 9.70. The highest BCUT2D eigenvalue weighted by Gasteiger charge is 2.38. The number of pyridine rings is 1. The molecule has 0 aliphatic heterocycles. The minimum atomic E-state index is -4.73. The van der Waals surface area contributed by atoms with Crippen molar-refractivity contribution in [3.8, 4) is 0 Å². The molecule has 0 fully saturated rings. The predicted octanol–water partition coefficient (Wildman–Crippen LogP) is 1.31. The average Bonchev–Trinajstić information content (AvgIpc) is 2.73. The molecule has 2 rings (SSSR count). The van der Waals surface area contributed by atoms with Gasteiger partial charge in [0.2, 0.25) is 11.1 Å². The van der Waals surface area contributed by atoms with Crippen LogP contribution in [0.3, 0.4) is 0 Å². The zero-order valence-corrected chi connectivity index (χ0v) is 11.5. The lowest BCUT2D eigenvalue weighted by atomic mass is 10.3. The lowest BCUT2D eigenvalue weighted by Crippen LogP contribution is -2.21. The van der Waals surface area contributed by atoms with Crippen LogP contribution < -0.4 is 11.6 Å². The number of primary amides is 1. The summed E-state index contributed by atoms with van der Waals surface area (Å²) in [7, 11) is 0. The Hall–Kier alpha value is -2.01. The second kappa shape index (κ2) is 5.41. The van der Waals surface area contributed by atoms with E-state index in [0.29, 0.717) is 11.8 Å². The highest BCUT2D eigenvalue weighted by atomic mass is 35.5. The standard InChI is InChI=1S/C9H6ClF3N6OS/c10-4-1-3(5(14)20)2-16-6(4)21-8-18-17-7(19(8)15)9(11,12)13/h1-2H,15H2,(H2,14,20). The number of halogens is 4. The van der Waals surface area contributed by atoms with E-state index in [-0.39, 0.29) is 25.4 Å². The van der Waals surface area contributed by atoms with E-state index in [2.05, 4.69) is 15.2 Å². The molecule has 0 bridgehead atoms. The van der Waals surface area contributed by atoms with Crippen molar-refractivity contribution >= 4 is 29.3 Å². The van der Waals surface area contributed by atoms with E-state index < -0.39 is 17.9 Å². The number of aromatic nitrogens is 4. The molecule has 0 unspecified atom stereocenters. The molecule has 0 atom stereocenters. The fourth-order valence-electron chi connectivity index (χ4n) is 1.26. The number of carbonyl (C=O) groups is 1. The predicted molar refractivity (Wildman–Crippen MR) is 67.1 cm³/mol. The summed E-state index contributed by atoms with van der Waals surface area (Å²) in [6, 6.07) is 1.24. The number of rotatable bonds is 3. The normalized spacial score (nSPS) is 11.6. The van der Waals surface area contributed by atoms with Gasteiger partial charge in [0.25, 0.3) is 5.82 Å². The number of alkyl halides is 3. The van der Waals surface area contributed by atoms with E-state index in [4.69, 9.17) is 23.2 Å². The van der Waals surface area contributed by atoms with Crippen LogP contribution in [0.15, 0.2) is 22.4 Å². The first-order valence-corrected chi connectivity index (χ1v) is 6.30. The molecule has 0 aromatic carbocycles. The van der Waals surface area contributed by atoms with Crippen LogP contribution in [0.2, 0.25) is 5.02 Å². The van der Waals surface area contributed by atoms with Crippen molar-refractivity contribution in [2.75, 3.05) is 5.84 Å². The van der Waals surface area contributed by atoms with Gasteiger partial charge in [0, 0.05) is 6.20 Å². The highest BCUT2D eigenvalue weighted by Crippen LogP contribution is 2.33. The minimum absolute atomic E-state index is 0.0212. The summed E-state index contributed by atoms with van der Waals surface area (Å²) in [5.41, 5.74) is 5.11. The maximum absolute atomic E-state index is 12.5. The van der Waals surface area contributed by atoms with Crippen LogP contribution in [0.25, 0.3) is 0 Å². The number of nitrogens with zero attached hydrogens (tertiary/aromatic N) is 4. The molecule has 0 saturated heterocycles. The number of nitrogen functional groups attached to an aromatic ring is 1. The molecular weight excluding hydrogens is 333 g/mol. The van der Waals surface area contributed by atoms with Crippen molar-refractivity contribution in [2.45, 2.75) is 16.4 Å². The molecule has 1 amide bonds. The molecule has 0 aliphatic rings. The van der Waals surface area contributed by atoms with Crippen molar-refractivity contribution in [3.05, 3.63) is 28.7 Å². The second-order valence-electron chi connectivity index (χ2n) is 3.65. The van der Waals surface area contributed by atoms with E-state index >= 15 is 0 Å². The molecule has 112 valence electrons. The Labute approximate surface area is 124 Å². The topological polar surface area (TPSA) is 113 Å². The molecule has 0 saturated carbocycles. The van der Waals surface area contributed by atoms with Crippen molar-refractivity contribution in [2.24, 2.45) is 5.73 Å². The van der Waals surface area contributed by atoms with Crippen molar-refractivity contribution in [3.63, 3.8) is 0 Å². The first-order valence-electron chi connectivity index (χ1n) is 5.11. The third-order valence-corrected chi connectivity index (χ3v) is 3.58. The van der Waals surface area contributed by atoms with Crippen LogP contribution in [0.1, 0.15) is 16.2 Å². The van der Waals surface area contributed by atoms with Gasteiger partial charge < -0.3 is 11.6 Å². The summed E-state index contributed by atoms with van der Waals surface area (Å²) in [5.74, 6) is 3.19.